The molecule has 0 saturated carbocycles. The van der Waals surface area contributed by atoms with Crippen molar-refractivity contribution in [2.75, 3.05) is 19.1 Å². The molecule has 0 bridgehead atoms. The van der Waals surface area contributed by atoms with Crippen molar-refractivity contribution in [3.8, 4) is 0 Å². The number of unbranched alkanes of at least 4 members (excludes halogenated alkanes) is 1. The molecule has 0 aliphatic heterocycles. The summed E-state index contributed by atoms with van der Waals surface area (Å²) in [6.07, 6.45) is 9.12. The molecule has 3 radical (unpaired) electrons. The van der Waals surface area contributed by atoms with Gasteiger partial charge in [-0.2, -0.15) is 0 Å². The van der Waals surface area contributed by atoms with Crippen molar-refractivity contribution >= 4 is 27.4 Å². The molecule has 0 N–H and O–H groups in total. The summed E-state index contributed by atoms with van der Waals surface area (Å²) in [7, 11) is 0.687. The first-order chi connectivity index (χ1) is 11.0. The molecule has 0 fully saturated rings. The van der Waals surface area contributed by atoms with E-state index in [1.165, 1.54) is 0 Å². The molecule has 25 heavy (non-hydrogen) atoms. The maximum atomic E-state index is 7.22. The van der Waals surface area contributed by atoms with E-state index in [1.807, 2.05) is 0 Å². The van der Waals surface area contributed by atoms with E-state index in [0.717, 1.165) is 38.3 Å². The van der Waals surface area contributed by atoms with Gasteiger partial charge in [-0.05, 0) is 48.8 Å². The van der Waals surface area contributed by atoms with E-state index in [-0.39, 0.29) is 15.8 Å². The highest BCUT2D eigenvalue weighted by Gasteiger charge is 2.54. The second-order valence-electron chi connectivity index (χ2n) is 10.3. The van der Waals surface area contributed by atoms with Crippen LogP contribution in [-0.2, 0) is 8.85 Å². The van der Waals surface area contributed by atoms with Crippen LogP contribution in [0.4, 0.5) is 0 Å². The summed E-state index contributed by atoms with van der Waals surface area (Å²) in [5.41, 5.74) is 0.248. The Morgan fingerprint density at radius 2 is 1.48 bits per heavy atom. The Balaban J connectivity index is 5.95. The first kappa shape index (κ1) is 25.7. The summed E-state index contributed by atoms with van der Waals surface area (Å²) in [6.45, 7) is 21.5. The van der Waals surface area contributed by atoms with E-state index < -0.39 is 18.0 Å². The van der Waals surface area contributed by atoms with Crippen LogP contribution >= 0.6 is 9.48 Å². The summed E-state index contributed by atoms with van der Waals surface area (Å²) < 4.78 is 13.8. The minimum Gasteiger partial charge on any atom is -0.394 e. The van der Waals surface area contributed by atoms with Crippen molar-refractivity contribution in [2.45, 2.75) is 98.6 Å². The highest BCUT2D eigenvalue weighted by atomic mass is 32.4. The van der Waals surface area contributed by atoms with Crippen LogP contribution in [0.25, 0.3) is 0 Å². The van der Waals surface area contributed by atoms with Crippen LogP contribution in [0, 0.1) is 10.8 Å². The first-order valence-corrected chi connectivity index (χ1v) is 16.0. The third-order valence-electron chi connectivity index (χ3n) is 4.68. The zero-order chi connectivity index (χ0) is 20.2. The van der Waals surface area contributed by atoms with Gasteiger partial charge in [-0.1, -0.05) is 68.2 Å². The van der Waals surface area contributed by atoms with Gasteiger partial charge in [0, 0.05) is 6.61 Å². The normalized spacial score (nSPS) is 19.4. The van der Waals surface area contributed by atoms with Crippen molar-refractivity contribution in [3.63, 3.8) is 0 Å². The van der Waals surface area contributed by atoms with Crippen LogP contribution in [0.5, 0.6) is 0 Å². The number of hydrogen-bond donors (Lipinski definition) is 0. The van der Waals surface area contributed by atoms with Crippen LogP contribution in [-0.4, -0.2) is 42.0 Å². The molecular formula is C20H45O2SSi2. The van der Waals surface area contributed by atoms with Gasteiger partial charge in [0.1, 0.15) is 0 Å². The SMILES string of the molecule is CCCCO[Si](C)(CC(C)(C)C)OC(CCC)(C(C)(C)C)S(C)(C)[Si]. The Kier molecular flexibility index (Phi) is 9.53. The third kappa shape index (κ3) is 7.69. The molecule has 0 spiro atoms. The van der Waals surface area contributed by atoms with Gasteiger partial charge < -0.3 is 8.85 Å². The summed E-state index contributed by atoms with van der Waals surface area (Å²) in [6, 6.07) is 1.02. The van der Waals surface area contributed by atoms with Crippen LogP contribution in [0.15, 0.2) is 0 Å². The molecule has 0 heterocycles. The number of hydrogen-bond acceptors (Lipinski definition) is 2. The Morgan fingerprint density at radius 1 is 0.960 bits per heavy atom. The lowest BCUT2D eigenvalue weighted by Gasteiger charge is -2.59. The molecule has 0 amide bonds. The maximum Gasteiger partial charge on any atom is 0.336 e. The first-order valence-electron chi connectivity index (χ1n) is 9.85. The smallest absolute Gasteiger partial charge is 0.336 e. The molecule has 2 nitrogen and oxygen atoms in total. The van der Waals surface area contributed by atoms with Gasteiger partial charge in [0.05, 0.1) is 14.3 Å². The average molecular weight is 406 g/mol. The molecule has 0 aromatic heterocycles. The molecule has 0 aromatic rings. The molecule has 2 atom stereocenters. The zero-order valence-electron chi connectivity index (χ0n) is 19.0. The molecule has 0 aliphatic carbocycles. The monoisotopic (exact) mass is 405 g/mol. The summed E-state index contributed by atoms with van der Waals surface area (Å²) in [4.78, 5) is -0.190. The van der Waals surface area contributed by atoms with Gasteiger partial charge in [0.15, 0.2) is 0 Å². The van der Waals surface area contributed by atoms with Gasteiger partial charge >= 0.3 is 8.56 Å². The van der Waals surface area contributed by atoms with Crippen molar-refractivity contribution in [3.05, 3.63) is 0 Å². The van der Waals surface area contributed by atoms with Crippen LogP contribution in [0.3, 0.4) is 0 Å². The minimum absolute atomic E-state index is 0.0455. The topological polar surface area (TPSA) is 18.5 Å². The van der Waals surface area contributed by atoms with Crippen LogP contribution in [0.2, 0.25) is 12.6 Å². The quantitative estimate of drug-likeness (QED) is 0.300. The maximum absolute atomic E-state index is 7.22. The van der Waals surface area contributed by atoms with E-state index in [1.54, 1.807) is 0 Å². The molecule has 0 aliphatic rings. The average Bonchev–Trinajstić information content (AvgIpc) is 2.33. The molecular weight excluding hydrogens is 360 g/mol. The second kappa shape index (κ2) is 9.27. The van der Waals surface area contributed by atoms with Crippen molar-refractivity contribution in [1.29, 1.82) is 0 Å². The van der Waals surface area contributed by atoms with Crippen molar-refractivity contribution in [1.82, 2.24) is 0 Å². The Hall–Kier alpha value is 0.704. The van der Waals surface area contributed by atoms with Gasteiger partial charge in [-0.3, -0.25) is 0 Å². The lowest BCUT2D eigenvalue weighted by molar-refractivity contribution is 0.000968. The molecule has 0 rings (SSSR count). The fraction of sp³-hybridized carbons (Fsp3) is 1.00. The summed E-state index contributed by atoms with van der Waals surface area (Å²) >= 11 is 0. The van der Waals surface area contributed by atoms with Crippen molar-refractivity contribution < 1.29 is 8.85 Å². The van der Waals surface area contributed by atoms with Gasteiger partial charge in [0.25, 0.3) is 0 Å². The van der Waals surface area contributed by atoms with Crippen LogP contribution < -0.4 is 0 Å². The molecule has 5 heteroatoms. The standard InChI is InChI=1S/C20H45O2SSi2/c1-12-14-16-21-25(11,17-18(3,4)5)22-20(15-13-2,19(6,7)8)23(9,10)24/h12-17H2,1-11H3. The second-order valence-corrected chi connectivity index (χ2v) is 19.7. The van der Waals surface area contributed by atoms with E-state index in [9.17, 15) is 0 Å². The third-order valence-corrected chi connectivity index (χ3v) is 11.7. The largest absolute Gasteiger partial charge is 0.394 e. The molecule has 2 unspecified atom stereocenters. The Bertz CT molecular complexity index is 380. The van der Waals surface area contributed by atoms with Gasteiger partial charge in [0.2, 0.25) is 0 Å². The van der Waals surface area contributed by atoms with Gasteiger partial charge in [-0.25, -0.2) is 9.48 Å². The van der Waals surface area contributed by atoms with Crippen LogP contribution in [0.1, 0.15) is 81.1 Å². The fourth-order valence-corrected chi connectivity index (χ4v) is 12.9. The fourth-order valence-electron chi connectivity index (χ4n) is 3.89. The lowest BCUT2D eigenvalue weighted by Crippen LogP contribution is -2.58. The van der Waals surface area contributed by atoms with E-state index in [0.29, 0.717) is 0 Å². The van der Waals surface area contributed by atoms with Gasteiger partial charge in [-0.15, -0.1) is 0 Å². The molecule has 0 aromatic carbocycles. The van der Waals surface area contributed by atoms with E-state index >= 15 is 0 Å². The molecule has 0 saturated heterocycles. The highest BCUT2D eigenvalue weighted by molar-refractivity contribution is 8.50. The number of rotatable bonds is 10. The Labute approximate surface area is 164 Å². The van der Waals surface area contributed by atoms with E-state index in [4.69, 9.17) is 8.85 Å². The summed E-state index contributed by atoms with van der Waals surface area (Å²) in [5.74, 6) is 0. The predicted molar refractivity (Wildman–Crippen MR) is 120 cm³/mol. The van der Waals surface area contributed by atoms with Crippen molar-refractivity contribution in [2.24, 2.45) is 10.8 Å². The zero-order valence-corrected chi connectivity index (χ0v) is 21.8. The summed E-state index contributed by atoms with van der Waals surface area (Å²) in [5, 5.41) is 0. The Morgan fingerprint density at radius 3 is 1.80 bits per heavy atom. The molecule has 151 valence electrons. The van der Waals surface area contributed by atoms with E-state index in [2.05, 4.69) is 83.8 Å². The lowest BCUT2D eigenvalue weighted by atomic mass is 9.86. The predicted octanol–water partition coefficient (Wildman–Crippen LogP) is 6.63. The minimum atomic E-state index is -2.32. The highest BCUT2D eigenvalue weighted by Crippen LogP contribution is 2.62.